The van der Waals surface area contributed by atoms with Gasteiger partial charge in [0.05, 0.1) is 5.75 Å². The Hall–Kier alpha value is -0.240. The summed E-state index contributed by atoms with van der Waals surface area (Å²) in [6.45, 7) is 3.13. The van der Waals surface area contributed by atoms with E-state index in [1.807, 2.05) is 0 Å². The molecule has 0 bridgehead atoms. The molecule has 0 saturated heterocycles. The van der Waals surface area contributed by atoms with Crippen molar-refractivity contribution >= 4 is 21.3 Å². The maximum atomic E-state index is 10.5. The highest BCUT2D eigenvalue weighted by molar-refractivity contribution is 8.00. The third-order valence-electron chi connectivity index (χ3n) is 0.532. The molecule has 0 fully saturated rings. The van der Waals surface area contributed by atoms with Gasteiger partial charge in [0.25, 0.3) is 0 Å². The Bertz CT molecular complexity index is 231. The normalized spacial score (nSPS) is 14.5. The lowest BCUT2D eigenvalue weighted by Crippen LogP contribution is -2.27. The van der Waals surface area contributed by atoms with Crippen molar-refractivity contribution in [2.45, 2.75) is 0 Å². The molecule has 7 heteroatoms. The molecule has 0 radical (unpaired) electrons. The van der Waals surface area contributed by atoms with E-state index < -0.39 is 27.0 Å². The van der Waals surface area contributed by atoms with Gasteiger partial charge in [-0.15, -0.1) is 10.7 Å². The van der Waals surface area contributed by atoms with E-state index in [1.54, 1.807) is 0 Å². The van der Waals surface area contributed by atoms with Crippen molar-refractivity contribution in [3.05, 3.63) is 12.7 Å². The topological polar surface area (TPSA) is 86.3 Å². The molecule has 1 N–H and O–H groups in total. The lowest BCUT2D eigenvalue weighted by molar-refractivity contribution is 0.530. The maximum Gasteiger partial charge on any atom is 0.225 e. The molecule has 0 aromatic heterocycles. The van der Waals surface area contributed by atoms with Gasteiger partial charge in [-0.05, 0) is 0 Å². The molecule has 1 atom stereocenters. The van der Waals surface area contributed by atoms with Crippen LogP contribution in [0.5, 0.6) is 0 Å². The van der Waals surface area contributed by atoms with Crippen LogP contribution in [0.3, 0.4) is 0 Å². The van der Waals surface area contributed by atoms with E-state index in [4.69, 9.17) is 0 Å². The summed E-state index contributed by atoms with van der Waals surface area (Å²) in [6.07, 6.45) is 1.09. The molecule has 0 saturated carbocycles. The molecule has 0 aliphatic carbocycles. The quantitative estimate of drug-likeness (QED) is 0.443. The van der Waals surface area contributed by atoms with E-state index >= 15 is 0 Å². The molecule has 60 valence electrons. The Morgan fingerprint density at radius 1 is 1.70 bits per heavy atom. The molecule has 10 heavy (non-hydrogen) atoms. The first-order chi connectivity index (χ1) is 4.48. The van der Waals surface area contributed by atoms with Gasteiger partial charge in [0.15, 0.2) is 0 Å². The van der Waals surface area contributed by atoms with Crippen molar-refractivity contribution in [3.63, 3.8) is 0 Å². The predicted molar refractivity (Wildman–Crippen MR) is 36.0 cm³/mol. The third kappa shape index (κ3) is 4.62. The number of hydrogen-bond donors (Lipinski definition) is 1. The lowest BCUT2D eigenvalue weighted by Gasteiger charge is -2.05. The van der Waals surface area contributed by atoms with Crippen LogP contribution < -0.4 is 4.13 Å². The van der Waals surface area contributed by atoms with Crippen LogP contribution in [0.2, 0.25) is 0 Å². The molecule has 0 aliphatic rings. The second-order valence-corrected chi connectivity index (χ2v) is 4.09. The van der Waals surface area contributed by atoms with Gasteiger partial charge in [0, 0.05) is 11.3 Å². The standard InChI is InChI=1S/C3H7NO4S2/c1-2-3-10(7,8)4-9(5)6/h2,4H,1,3H2,(H,5,6)/p-1. The molecule has 0 spiro atoms. The zero-order valence-corrected chi connectivity index (χ0v) is 6.57. The minimum absolute atomic E-state index is 0.402. The fourth-order valence-corrected chi connectivity index (χ4v) is 1.70. The molecule has 1 unspecified atom stereocenters. The molecule has 0 aromatic rings. The van der Waals surface area contributed by atoms with Crippen molar-refractivity contribution < 1.29 is 17.2 Å². The van der Waals surface area contributed by atoms with E-state index in [0.29, 0.717) is 0 Å². The molecular weight excluding hydrogens is 178 g/mol. The summed E-state index contributed by atoms with van der Waals surface area (Å²) in [5.41, 5.74) is 0. The number of sulfonamides is 1. The number of hydrogen-bond acceptors (Lipinski definition) is 4. The van der Waals surface area contributed by atoms with Gasteiger partial charge in [0.1, 0.15) is 0 Å². The molecule has 0 heterocycles. The summed E-state index contributed by atoms with van der Waals surface area (Å²) in [7, 11) is -3.71. The van der Waals surface area contributed by atoms with E-state index in [1.165, 1.54) is 4.13 Å². The van der Waals surface area contributed by atoms with E-state index in [0.717, 1.165) is 6.08 Å². The average molecular weight is 184 g/mol. The first-order valence-electron chi connectivity index (χ1n) is 2.18. The van der Waals surface area contributed by atoms with Crippen LogP contribution in [0.4, 0.5) is 0 Å². The third-order valence-corrected chi connectivity index (χ3v) is 2.77. The van der Waals surface area contributed by atoms with Crippen molar-refractivity contribution in [2.24, 2.45) is 0 Å². The first kappa shape index (κ1) is 9.76. The van der Waals surface area contributed by atoms with Gasteiger partial charge in [-0.1, -0.05) is 6.08 Å². The Labute approximate surface area is 61.6 Å². The fourth-order valence-electron chi connectivity index (χ4n) is 0.293. The van der Waals surface area contributed by atoms with Crippen molar-refractivity contribution in [1.29, 1.82) is 0 Å². The van der Waals surface area contributed by atoms with Crippen LogP contribution in [0.15, 0.2) is 12.7 Å². The van der Waals surface area contributed by atoms with E-state index in [2.05, 4.69) is 6.58 Å². The summed E-state index contributed by atoms with van der Waals surface area (Å²) in [4.78, 5) is 0. The van der Waals surface area contributed by atoms with Crippen molar-refractivity contribution in [1.82, 2.24) is 4.13 Å². The summed E-state index contributed by atoms with van der Waals surface area (Å²) >= 11 is -2.77. The Morgan fingerprint density at radius 3 is 2.50 bits per heavy atom. The molecular formula is C3H6NO4S2-. The Balaban J connectivity index is 4.14. The Kier molecular flexibility index (Phi) is 3.72. The highest BCUT2D eigenvalue weighted by Crippen LogP contribution is 1.83. The van der Waals surface area contributed by atoms with Crippen LogP contribution in [-0.4, -0.2) is 22.9 Å². The molecule has 0 rings (SSSR count). The van der Waals surface area contributed by atoms with Crippen LogP contribution in [0.25, 0.3) is 0 Å². The van der Waals surface area contributed by atoms with Crippen LogP contribution in [0.1, 0.15) is 0 Å². The van der Waals surface area contributed by atoms with Gasteiger partial charge < -0.3 is 4.55 Å². The second-order valence-electron chi connectivity index (χ2n) is 1.39. The van der Waals surface area contributed by atoms with Gasteiger partial charge in [0.2, 0.25) is 10.0 Å². The number of nitrogens with one attached hydrogen (secondary N) is 1. The molecule has 0 amide bonds. The van der Waals surface area contributed by atoms with Crippen LogP contribution in [0, 0.1) is 0 Å². The van der Waals surface area contributed by atoms with Crippen molar-refractivity contribution in [3.8, 4) is 0 Å². The summed E-state index contributed by atoms with van der Waals surface area (Å²) in [6, 6.07) is 0. The maximum absolute atomic E-state index is 10.5. The highest BCUT2D eigenvalue weighted by Gasteiger charge is 2.05. The Morgan fingerprint density at radius 2 is 2.20 bits per heavy atom. The highest BCUT2D eigenvalue weighted by atomic mass is 32.3. The van der Waals surface area contributed by atoms with Gasteiger partial charge in [-0.3, -0.25) is 4.21 Å². The zero-order valence-electron chi connectivity index (χ0n) is 4.94. The summed E-state index contributed by atoms with van der Waals surface area (Å²) in [5, 5.41) is 0. The number of rotatable bonds is 4. The fraction of sp³-hybridized carbons (Fsp3) is 0.333. The van der Waals surface area contributed by atoms with Crippen LogP contribution in [-0.2, 0) is 21.3 Å². The minimum atomic E-state index is -3.71. The monoisotopic (exact) mass is 184 g/mol. The smallest absolute Gasteiger partial charge is 0.225 e. The van der Waals surface area contributed by atoms with Crippen LogP contribution >= 0.6 is 0 Å². The zero-order chi connectivity index (χ0) is 8.20. The second kappa shape index (κ2) is 3.81. The average Bonchev–Trinajstić information content (AvgIpc) is 1.59. The van der Waals surface area contributed by atoms with Crippen molar-refractivity contribution in [2.75, 3.05) is 5.75 Å². The lowest BCUT2D eigenvalue weighted by atomic mass is 10.8. The van der Waals surface area contributed by atoms with E-state index in [9.17, 15) is 17.2 Å². The van der Waals surface area contributed by atoms with Gasteiger partial charge >= 0.3 is 0 Å². The SMILES string of the molecule is C=CCS(=O)(=O)NS(=O)[O-]. The van der Waals surface area contributed by atoms with E-state index in [-0.39, 0.29) is 0 Å². The minimum Gasteiger partial charge on any atom is -0.759 e. The summed E-state index contributed by atoms with van der Waals surface area (Å²) in [5.74, 6) is -0.402. The molecule has 0 aliphatic heterocycles. The van der Waals surface area contributed by atoms with Gasteiger partial charge in [-0.25, -0.2) is 8.42 Å². The summed E-state index contributed by atoms with van der Waals surface area (Å²) < 4.78 is 41.8. The molecule has 5 nitrogen and oxygen atoms in total. The molecule has 0 aromatic carbocycles. The predicted octanol–water partition coefficient (Wildman–Crippen LogP) is -1.11. The first-order valence-corrected chi connectivity index (χ1v) is 4.91. The van der Waals surface area contributed by atoms with Gasteiger partial charge in [-0.2, -0.15) is 0 Å². The largest absolute Gasteiger partial charge is 0.759 e.